The Hall–Kier alpha value is -0.640. The lowest BCUT2D eigenvalue weighted by molar-refractivity contribution is -0.138. The van der Waals surface area contributed by atoms with E-state index in [4.69, 9.17) is 5.11 Å². The van der Waals surface area contributed by atoms with Gasteiger partial charge in [0.15, 0.2) is 0 Å². The molecular formula is C6H11NO2S. The van der Waals surface area contributed by atoms with Crippen LogP contribution in [0.3, 0.4) is 0 Å². The number of nitrogens with one attached hydrogen (secondary N) is 1. The van der Waals surface area contributed by atoms with Gasteiger partial charge in [0.1, 0.15) is 6.04 Å². The van der Waals surface area contributed by atoms with Crippen molar-refractivity contribution in [2.24, 2.45) is 0 Å². The molecule has 0 bridgehead atoms. The third-order valence-corrected chi connectivity index (χ3v) is 1.31. The first kappa shape index (κ1) is 9.36. The Labute approximate surface area is 65.5 Å². The van der Waals surface area contributed by atoms with Crippen LogP contribution in [0.2, 0.25) is 0 Å². The van der Waals surface area contributed by atoms with Gasteiger partial charge in [0.2, 0.25) is 0 Å². The molecule has 0 aromatic rings. The predicted molar refractivity (Wildman–Crippen MR) is 43.2 cm³/mol. The van der Waals surface area contributed by atoms with E-state index in [1.165, 1.54) is 0 Å². The van der Waals surface area contributed by atoms with Crippen LogP contribution in [0.15, 0.2) is 12.3 Å². The highest BCUT2D eigenvalue weighted by atomic mass is 32.1. The maximum Gasteiger partial charge on any atom is 0.326 e. The van der Waals surface area contributed by atoms with Crippen molar-refractivity contribution in [1.29, 1.82) is 0 Å². The van der Waals surface area contributed by atoms with Gasteiger partial charge in [-0.1, -0.05) is 6.08 Å². The molecule has 0 radical (unpaired) electrons. The molecule has 10 heavy (non-hydrogen) atoms. The number of hydrogen-bond acceptors (Lipinski definition) is 3. The molecule has 0 saturated carbocycles. The molecule has 0 amide bonds. The minimum Gasteiger partial charge on any atom is -0.480 e. The molecule has 0 heterocycles. The number of hydrogen-bond donors (Lipinski definition) is 3. The Balaban J connectivity index is 3.71. The number of aliphatic carboxylic acids is 1. The fraction of sp³-hybridized carbons (Fsp3) is 0.500. The Kier molecular flexibility index (Phi) is 4.84. The van der Waals surface area contributed by atoms with E-state index in [1.54, 1.807) is 12.3 Å². The van der Waals surface area contributed by atoms with Gasteiger partial charge < -0.3 is 10.4 Å². The Bertz CT molecular complexity index is 136. The molecular weight excluding hydrogens is 150 g/mol. The van der Waals surface area contributed by atoms with Gasteiger partial charge in [-0.05, 0) is 13.1 Å². The molecule has 4 heteroatoms. The van der Waals surface area contributed by atoms with Gasteiger partial charge >= 0.3 is 5.97 Å². The van der Waals surface area contributed by atoms with Crippen LogP contribution in [0.25, 0.3) is 0 Å². The van der Waals surface area contributed by atoms with E-state index in [0.717, 1.165) is 0 Å². The lowest BCUT2D eigenvalue weighted by Crippen LogP contribution is -2.34. The SMILES string of the molecule is C/C=C/N[C@@H](CS)C(=O)O. The largest absolute Gasteiger partial charge is 0.480 e. The molecule has 0 aromatic carbocycles. The maximum atomic E-state index is 10.3. The van der Waals surface area contributed by atoms with Crippen molar-refractivity contribution in [3.8, 4) is 0 Å². The van der Waals surface area contributed by atoms with Crippen molar-refractivity contribution in [3.63, 3.8) is 0 Å². The van der Waals surface area contributed by atoms with Gasteiger partial charge in [-0.15, -0.1) is 0 Å². The highest BCUT2D eigenvalue weighted by Gasteiger charge is 2.11. The van der Waals surface area contributed by atoms with Crippen molar-refractivity contribution in [3.05, 3.63) is 12.3 Å². The number of allylic oxidation sites excluding steroid dienone is 1. The molecule has 0 rings (SSSR count). The van der Waals surface area contributed by atoms with Crippen LogP contribution in [0.5, 0.6) is 0 Å². The average Bonchev–Trinajstić information content (AvgIpc) is 1.89. The topological polar surface area (TPSA) is 49.3 Å². The van der Waals surface area contributed by atoms with Crippen molar-refractivity contribution < 1.29 is 9.90 Å². The van der Waals surface area contributed by atoms with E-state index in [2.05, 4.69) is 17.9 Å². The summed E-state index contributed by atoms with van der Waals surface area (Å²) in [4.78, 5) is 10.3. The first-order chi connectivity index (χ1) is 4.72. The van der Waals surface area contributed by atoms with Gasteiger partial charge in [0.05, 0.1) is 0 Å². The minimum absolute atomic E-state index is 0.291. The van der Waals surface area contributed by atoms with Crippen molar-refractivity contribution >= 4 is 18.6 Å². The van der Waals surface area contributed by atoms with E-state index in [9.17, 15) is 4.79 Å². The van der Waals surface area contributed by atoms with Gasteiger partial charge in [-0.25, -0.2) is 4.79 Å². The average molecular weight is 161 g/mol. The molecule has 2 N–H and O–H groups in total. The molecule has 0 aliphatic carbocycles. The lowest BCUT2D eigenvalue weighted by Gasteiger charge is -2.07. The molecule has 1 atom stereocenters. The maximum absolute atomic E-state index is 10.3. The number of carbonyl (C=O) groups is 1. The zero-order valence-electron chi connectivity index (χ0n) is 5.74. The van der Waals surface area contributed by atoms with Crippen LogP contribution >= 0.6 is 12.6 Å². The lowest BCUT2D eigenvalue weighted by atomic mass is 10.3. The van der Waals surface area contributed by atoms with Crippen LogP contribution in [0, 0.1) is 0 Å². The Morgan fingerprint density at radius 1 is 1.90 bits per heavy atom. The minimum atomic E-state index is -0.881. The highest BCUT2D eigenvalue weighted by molar-refractivity contribution is 7.80. The van der Waals surface area contributed by atoms with Crippen LogP contribution < -0.4 is 5.32 Å². The summed E-state index contributed by atoms with van der Waals surface area (Å²) >= 11 is 3.85. The normalized spacial score (nSPS) is 13.4. The highest BCUT2D eigenvalue weighted by Crippen LogP contribution is 1.87. The summed E-state index contributed by atoms with van der Waals surface area (Å²) in [7, 11) is 0. The third kappa shape index (κ3) is 3.40. The van der Waals surface area contributed by atoms with Crippen molar-refractivity contribution in [1.82, 2.24) is 5.32 Å². The molecule has 0 aliphatic rings. The number of carboxylic acids is 1. The van der Waals surface area contributed by atoms with Gasteiger partial charge in [0, 0.05) is 5.75 Å². The van der Waals surface area contributed by atoms with Crippen LogP contribution in [0.4, 0.5) is 0 Å². The fourth-order valence-corrected chi connectivity index (χ4v) is 0.676. The van der Waals surface area contributed by atoms with E-state index < -0.39 is 12.0 Å². The molecule has 0 saturated heterocycles. The molecule has 0 fully saturated rings. The number of carboxylic acid groups (broad SMARTS) is 1. The second-order valence-electron chi connectivity index (χ2n) is 1.74. The van der Waals surface area contributed by atoms with Crippen molar-refractivity contribution in [2.75, 3.05) is 5.75 Å². The molecule has 0 spiro atoms. The first-order valence-corrected chi connectivity index (χ1v) is 3.56. The van der Waals surface area contributed by atoms with Crippen LogP contribution in [0.1, 0.15) is 6.92 Å². The Morgan fingerprint density at radius 2 is 2.50 bits per heavy atom. The van der Waals surface area contributed by atoms with Gasteiger partial charge in [0.25, 0.3) is 0 Å². The zero-order valence-corrected chi connectivity index (χ0v) is 6.64. The smallest absolute Gasteiger partial charge is 0.326 e. The summed E-state index contributed by atoms with van der Waals surface area (Å²) in [6, 6.07) is -0.584. The second-order valence-corrected chi connectivity index (χ2v) is 2.11. The summed E-state index contributed by atoms with van der Waals surface area (Å²) in [5.41, 5.74) is 0. The predicted octanol–water partition coefficient (Wildman–Crippen LogP) is 0.493. The number of rotatable bonds is 4. The van der Waals surface area contributed by atoms with Crippen molar-refractivity contribution in [2.45, 2.75) is 13.0 Å². The van der Waals surface area contributed by atoms with Crippen LogP contribution in [-0.4, -0.2) is 22.9 Å². The standard InChI is InChI=1S/C6H11NO2S/c1-2-3-7-5(4-10)6(8)9/h2-3,5,7,10H,4H2,1H3,(H,8,9)/b3-2+/t5-/m0/s1. The third-order valence-electron chi connectivity index (χ3n) is 0.945. The molecule has 58 valence electrons. The van der Waals surface area contributed by atoms with E-state index in [-0.39, 0.29) is 0 Å². The van der Waals surface area contributed by atoms with Crippen LogP contribution in [-0.2, 0) is 4.79 Å². The van der Waals surface area contributed by atoms with Gasteiger partial charge in [-0.3, -0.25) is 0 Å². The monoisotopic (exact) mass is 161 g/mol. The quantitative estimate of drug-likeness (QED) is 0.526. The van der Waals surface area contributed by atoms with E-state index in [1.807, 2.05) is 6.92 Å². The molecule has 0 aliphatic heterocycles. The molecule has 0 unspecified atom stereocenters. The summed E-state index contributed by atoms with van der Waals surface area (Å²) < 4.78 is 0. The summed E-state index contributed by atoms with van der Waals surface area (Å²) in [5.74, 6) is -0.590. The summed E-state index contributed by atoms with van der Waals surface area (Å²) in [5, 5.41) is 11.1. The van der Waals surface area contributed by atoms with E-state index >= 15 is 0 Å². The zero-order chi connectivity index (χ0) is 7.98. The summed E-state index contributed by atoms with van der Waals surface area (Å²) in [6.45, 7) is 1.81. The number of thiol groups is 1. The Morgan fingerprint density at radius 3 is 2.80 bits per heavy atom. The van der Waals surface area contributed by atoms with Gasteiger partial charge in [-0.2, -0.15) is 12.6 Å². The second kappa shape index (κ2) is 5.17. The molecule has 3 nitrogen and oxygen atoms in total. The summed E-state index contributed by atoms with van der Waals surface area (Å²) in [6.07, 6.45) is 3.33. The first-order valence-electron chi connectivity index (χ1n) is 2.93. The van der Waals surface area contributed by atoms with E-state index in [0.29, 0.717) is 5.75 Å². The fourth-order valence-electron chi connectivity index (χ4n) is 0.414. The molecule has 0 aromatic heterocycles.